The number of benzene rings is 1. The molecule has 0 atom stereocenters. The molecule has 0 radical (unpaired) electrons. The van der Waals surface area contributed by atoms with Gasteiger partial charge in [0.2, 0.25) is 10.0 Å². The molecule has 17 heavy (non-hydrogen) atoms. The van der Waals surface area contributed by atoms with E-state index in [0.717, 1.165) is 16.5 Å². The molecule has 1 aromatic carbocycles. The van der Waals surface area contributed by atoms with Crippen LogP contribution in [0.2, 0.25) is 0 Å². The summed E-state index contributed by atoms with van der Waals surface area (Å²) in [5.41, 5.74) is 1.59. The Kier molecular flexibility index (Phi) is 5.42. The second kappa shape index (κ2) is 6.37. The lowest BCUT2D eigenvalue weighted by Gasteiger charge is -2.11. The molecule has 1 N–H and O–H groups in total. The van der Waals surface area contributed by atoms with Gasteiger partial charge in [-0.3, -0.25) is 4.72 Å². The fourth-order valence-corrected chi connectivity index (χ4v) is 2.80. The molecule has 0 heterocycles. The van der Waals surface area contributed by atoms with Crippen molar-refractivity contribution in [3.05, 3.63) is 28.2 Å². The fraction of sp³-hybridized carbons (Fsp3) is 0.455. The summed E-state index contributed by atoms with van der Waals surface area (Å²) in [4.78, 5) is 0. The van der Waals surface area contributed by atoms with E-state index in [2.05, 4.69) is 20.7 Å². The van der Waals surface area contributed by atoms with Crippen LogP contribution in [-0.4, -0.2) is 27.9 Å². The molecule has 0 saturated carbocycles. The number of halogens is 1. The zero-order chi connectivity index (χ0) is 12.9. The molecular formula is C11H16BrNO3S. The Hall–Kier alpha value is -0.590. The summed E-state index contributed by atoms with van der Waals surface area (Å²) in [6.07, 6.45) is 0.765. The van der Waals surface area contributed by atoms with E-state index in [9.17, 15) is 8.42 Å². The Morgan fingerprint density at radius 2 is 2.12 bits per heavy atom. The number of nitrogens with one attached hydrogen (secondary N) is 1. The zero-order valence-corrected chi connectivity index (χ0v) is 12.3. The van der Waals surface area contributed by atoms with Crippen molar-refractivity contribution in [1.82, 2.24) is 0 Å². The summed E-state index contributed by atoms with van der Waals surface area (Å²) in [7, 11) is -1.85. The minimum atomic E-state index is -3.33. The highest BCUT2D eigenvalue weighted by Crippen LogP contribution is 2.22. The molecule has 4 nitrogen and oxygen atoms in total. The minimum absolute atomic E-state index is 0.0390. The number of hydrogen-bond acceptors (Lipinski definition) is 3. The maximum absolute atomic E-state index is 11.7. The van der Waals surface area contributed by atoms with Crippen LogP contribution in [0.5, 0.6) is 0 Å². The number of hydrogen-bond donors (Lipinski definition) is 1. The fourth-order valence-electron chi connectivity index (χ4n) is 1.37. The number of ether oxygens (including phenoxy) is 1. The van der Waals surface area contributed by atoms with Crippen molar-refractivity contribution in [2.45, 2.75) is 13.3 Å². The summed E-state index contributed by atoms with van der Waals surface area (Å²) in [6.45, 7) is 2.17. The smallest absolute Gasteiger partial charge is 0.235 e. The van der Waals surface area contributed by atoms with Gasteiger partial charge in [0.25, 0.3) is 0 Å². The van der Waals surface area contributed by atoms with Gasteiger partial charge in [-0.05, 0) is 30.2 Å². The normalized spacial score (nSPS) is 11.5. The van der Waals surface area contributed by atoms with Crippen molar-refractivity contribution in [2.24, 2.45) is 0 Å². The molecule has 0 unspecified atom stereocenters. The van der Waals surface area contributed by atoms with Gasteiger partial charge in [-0.25, -0.2) is 8.42 Å². The van der Waals surface area contributed by atoms with E-state index in [0.29, 0.717) is 5.69 Å². The molecular weight excluding hydrogens is 306 g/mol. The predicted octanol–water partition coefficient (Wildman–Crippen LogP) is 2.40. The topological polar surface area (TPSA) is 55.4 Å². The lowest BCUT2D eigenvalue weighted by molar-refractivity contribution is 0.217. The van der Waals surface area contributed by atoms with E-state index >= 15 is 0 Å². The quantitative estimate of drug-likeness (QED) is 0.875. The molecule has 0 fully saturated rings. The van der Waals surface area contributed by atoms with Crippen LogP contribution in [0.25, 0.3) is 0 Å². The van der Waals surface area contributed by atoms with Crippen molar-refractivity contribution in [1.29, 1.82) is 0 Å². The lowest BCUT2D eigenvalue weighted by Crippen LogP contribution is -2.20. The number of aryl methyl sites for hydroxylation is 1. The van der Waals surface area contributed by atoms with Crippen molar-refractivity contribution < 1.29 is 13.2 Å². The standard InChI is InChI=1S/C11H16BrNO3S/c1-3-9-8-10(12)4-5-11(9)13-17(14,15)7-6-16-2/h4-5,8,13H,3,6-7H2,1-2H3. The van der Waals surface area contributed by atoms with E-state index in [1.165, 1.54) is 7.11 Å². The Bertz CT molecular complexity index is 474. The van der Waals surface area contributed by atoms with Crippen LogP contribution in [0.15, 0.2) is 22.7 Å². The van der Waals surface area contributed by atoms with Crippen molar-refractivity contribution in [3.63, 3.8) is 0 Å². The van der Waals surface area contributed by atoms with Crippen molar-refractivity contribution >= 4 is 31.6 Å². The summed E-state index contributed by atoms with van der Waals surface area (Å²) in [5.74, 6) is -0.0390. The first-order valence-corrected chi connectivity index (χ1v) is 7.71. The van der Waals surface area contributed by atoms with E-state index in [1.54, 1.807) is 6.07 Å². The molecule has 0 spiro atoms. The Morgan fingerprint density at radius 1 is 1.41 bits per heavy atom. The SMILES string of the molecule is CCc1cc(Br)ccc1NS(=O)(=O)CCOC. The van der Waals surface area contributed by atoms with Gasteiger partial charge in [-0.2, -0.15) is 0 Å². The molecule has 0 amide bonds. The molecule has 0 aromatic heterocycles. The summed E-state index contributed by atoms with van der Waals surface area (Å²) < 4.78 is 31.7. The Labute approximate surface area is 111 Å². The molecule has 1 aromatic rings. The van der Waals surface area contributed by atoms with Crippen LogP contribution in [-0.2, 0) is 21.2 Å². The first-order chi connectivity index (χ1) is 7.98. The number of sulfonamides is 1. The molecule has 0 aliphatic heterocycles. The second-order valence-electron chi connectivity index (χ2n) is 3.57. The number of anilines is 1. The van der Waals surface area contributed by atoms with Gasteiger partial charge in [-0.15, -0.1) is 0 Å². The minimum Gasteiger partial charge on any atom is -0.384 e. The summed E-state index contributed by atoms with van der Waals surface area (Å²) in [6, 6.07) is 5.48. The highest BCUT2D eigenvalue weighted by Gasteiger charge is 2.12. The van der Waals surface area contributed by atoms with Crippen LogP contribution in [0.4, 0.5) is 5.69 Å². The third-order valence-corrected chi connectivity index (χ3v) is 4.00. The van der Waals surface area contributed by atoms with Gasteiger partial charge in [0.05, 0.1) is 18.0 Å². The first kappa shape index (κ1) is 14.5. The van der Waals surface area contributed by atoms with E-state index in [-0.39, 0.29) is 12.4 Å². The summed E-state index contributed by atoms with van der Waals surface area (Å²) in [5, 5.41) is 0. The summed E-state index contributed by atoms with van der Waals surface area (Å²) >= 11 is 3.36. The largest absolute Gasteiger partial charge is 0.384 e. The zero-order valence-electron chi connectivity index (χ0n) is 9.86. The third kappa shape index (κ3) is 4.65. The van der Waals surface area contributed by atoms with E-state index in [4.69, 9.17) is 4.74 Å². The van der Waals surface area contributed by atoms with E-state index in [1.807, 2.05) is 19.1 Å². The first-order valence-electron chi connectivity index (χ1n) is 5.26. The predicted molar refractivity (Wildman–Crippen MR) is 72.8 cm³/mol. The van der Waals surface area contributed by atoms with Gasteiger partial charge in [-0.1, -0.05) is 22.9 Å². The highest BCUT2D eigenvalue weighted by atomic mass is 79.9. The monoisotopic (exact) mass is 321 g/mol. The molecule has 0 aliphatic rings. The molecule has 96 valence electrons. The van der Waals surface area contributed by atoms with Crippen molar-refractivity contribution in [2.75, 3.05) is 24.2 Å². The molecule has 6 heteroatoms. The van der Waals surface area contributed by atoms with Crippen molar-refractivity contribution in [3.8, 4) is 0 Å². The second-order valence-corrected chi connectivity index (χ2v) is 6.33. The molecule has 1 rings (SSSR count). The average molecular weight is 322 g/mol. The van der Waals surface area contributed by atoms with Crippen LogP contribution < -0.4 is 4.72 Å². The maximum atomic E-state index is 11.7. The highest BCUT2D eigenvalue weighted by molar-refractivity contribution is 9.10. The van der Waals surface area contributed by atoms with Crippen LogP contribution in [0, 0.1) is 0 Å². The van der Waals surface area contributed by atoms with Crippen LogP contribution >= 0.6 is 15.9 Å². The molecule has 0 aliphatic carbocycles. The maximum Gasteiger partial charge on any atom is 0.235 e. The van der Waals surface area contributed by atoms with Gasteiger partial charge in [0, 0.05) is 11.6 Å². The Balaban J connectivity index is 2.87. The third-order valence-electron chi connectivity index (χ3n) is 2.27. The van der Waals surface area contributed by atoms with Gasteiger partial charge in [0.15, 0.2) is 0 Å². The molecule has 0 bridgehead atoms. The Morgan fingerprint density at radius 3 is 2.71 bits per heavy atom. The average Bonchev–Trinajstić information content (AvgIpc) is 2.28. The van der Waals surface area contributed by atoms with Gasteiger partial charge >= 0.3 is 0 Å². The van der Waals surface area contributed by atoms with Crippen LogP contribution in [0.3, 0.4) is 0 Å². The van der Waals surface area contributed by atoms with Crippen LogP contribution in [0.1, 0.15) is 12.5 Å². The number of rotatable bonds is 6. The lowest BCUT2D eigenvalue weighted by atomic mass is 10.1. The number of methoxy groups -OCH3 is 1. The van der Waals surface area contributed by atoms with E-state index < -0.39 is 10.0 Å². The van der Waals surface area contributed by atoms with Gasteiger partial charge in [0.1, 0.15) is 0 Å². The molecule has 0 saturated heterocycles. The van der Waals surface area contributed by atoms with Gasteiger partial charge < -0.3 is 4.74 Å².